The summed E-state index contributed by atoms with van der Waals surface area (Å²) in [4.78, 5) is 8.09. The van der Waals surface area contributed by atoms with Gasteiger partial charge in [-0.1, -0.05) is 0 Å². The number of rotatable bonds is 3. The first-order chi connectivity index (χ1) is 6.88. The molecule has 2 N–H and O–H groups in total. The van der Waals surface area contributed by atoms with Gasteiger partial charge in [-0.3, -0.25) is 0 Å². The summed E-state index contributed by atoms with van der Waals surface area (Å²) in [5.74, 6) is 0. The average molecular weight is 195 g/mol. The number of ether oxygens (including phenoxy) is 2. The minimum absolute atomic E-state index is 0.0960. The van der Waals surface area contributed by atoms with Crippen molar-refractivity contribution in [2.45, 2.75) is 19.1 Å². The lowest BCUT2D eigenvalue weighted by Gasteiger charge is -2.09. The molecule has 0 aliphatic carbocycles. The van der Waals surface area contributed by atoms with Crippen LogP contribution >= 0.6 is 0 Å². The molecule has 0 aromatic carbocycles. The fourth-order valence-electron chi connectivity index (χ4n) is 1.26. The molecule has 0 amide bonds. The fourth-order valence-corrected chi connectivity index (χ4v) is 1.26. The Hall–Kier alpha value is -1.20. The Morgan fingerprint density at radius 1 is 1.50 bits per heavy atom. The van der Waals surface area contributed by atoms with Crippen LogP contribution in [0.3, 0.4) is 0 Å². The number of hydrogen-bond donors (Lipinski definition) is 1. The molecule has 5 heteroatoms. The van der Waals surface area contributed by atoms with Crippen LogP contribution in [0.15, 0.2) is 12.4 Å². The Bertz CT molecular complexity index is 283. The molecule has 76 valence electrons. The molecule has 1 aliphatic rings. The van der Waals surface area contributed by atoms with Crippen molar-refractivity contribution in [1.82, 2.24) is 9.97 Å². The van der Waals surface area contributed by atoms with E-state index in [4.69, 9.17) is 15.2 Å². The summed E-state index contributed by atoms with van der Waals surface area (Å²) < 4.78 is 10.7. The summed E-state index contributed by atoms with van der Waals surface area (Å²) >= 11 is 0. The first-order valence-electron chi connectivity index (χ1n) is 4.64. The van der Waals surface area contributed by atoms with Crippen molar-refractivity contribution in [3.8, 4) is 6.01 Å². The van der Waals surface area contributed by atoms with Crippen molar-refractivity contribution < 1.29 is 9.47 Å². The SMILES string of the molecule is NCc1cnc(OC2CCOC2)nc1. The van der Waals surface area contributed by atoms with Gasteiger partial charge in [-0.15, -0.1) is 0 Å². The number of aromatic nitrogens is 2. The van der Waals surface area contributed by atoms with Crippen LogP contribution in [-0.4, -0.2) is 29.3 Å². The zero-order valence-electron chi connectivity index (χ0n) is 7.85. The van der Waals surface area contributed by atoms with Crippen LogP contribution in [0.1, 0.15) is 12.0 Å². The van der Waals surface area contributed by atoms with Crippen LogP contribution in [-0.2, 0) is 11.3 Å². The Morgan fingerprint density at radius 2 is 2.29 bits per heavy atom. The minimum atomic E-state index is 0.0960. The van der Waals surface area contributed by atoms with Crippen molar-refractivity contribution in [2.24, 2.45) is 5.73 Å². The van der Waals surface area contributed by atoms with E-state index >= 15 is 0 Å². The third-order valence-corrected chi connectivity index (χ3v) is 2.08. The molecule has 14 heavy (non-hydrogen) atoms. The lowest BCUT2D eigenvalue weighted by molar-refractivity contribution is 0.134. The highest BCUT2D eigenvalue weighted by atomic mass is 16.6. The van der Waals surface area contributed by atoms with Gasteiger partial charge in [-0.25, -0.2) is 9.97 Å². The second kappa shape index (κ2) is 4.34. The highest BCUT2D eigenvalue weighted by Gasteiger charge is 2.17. The Kier molecular flexibility index (Phi) is 2.90. The van der Waals surface area contributed by atoms with E-state index in [1.54, 1.807) is 12.4 Å². The van der Waals surface area contributed by atoms with E-state index in [1.807, 2.05) is 0 Å². The van der Waals surface area contributed by atoms with Gasteiger partial charge in [-0.2, -0.15) is 0 Å². The largest absolute Gasteiger partial charge is 0.458 e. The van der Waals surface area contributed by atoms with Gasteiger partial charge >= 0.3 is 6.01 Å². The van der Waals surface area contributed by atoms with E-state index in [1.165, 1.54) is 0 Å². The maximum atomic E-state index is 5.49. The lowest BCUT2D eigenvalue weighted by atomic mass is 10.3. The Morgan fingerprint density at radius 3 is 2.86 bits per heavy atom. The van der Waals surface area contributed by atoms with Gasteiger partial charge in [0.1, 0.15) is 6.10 Å². The van der Waals surface area contributed by atoms with Crippen LogP contribution in [0, 0.1) is 0 Å². The molecule has 0 saturated carbocycles. The van der Waals surface area contributed by atoms with Crippen molar-refractivity contribution in [1.29, 1.82) is 0 Å². The maximum Gasteiger partial charge on any atom is 0.316 e. The van der Waals surface area contributed by atoms with Gasteiger partial charge in [0.25, 0.3) is 0 Å². The molecular weight excluding hydrogens is 182 g/mol. The van der Waals surface area contributed by atoms with Gasteiger partial charge in [0.05, 0.1) is 13.2 Å². The summed E-state index contributed by atoms with van der Waals surface area (Å²) in [5.41, 5.74) is 6.33. The van der Waals surface area contributed by atoms with E-state index in [0.717, 1.165) is 18.6 Å². The smallest absolute Gasteiger partial charge is 0.316 e. The molecule has 1 atom stereocenters. The van der Waals surface area contributed by atoms with Crippen LogP contribution < -0.4 is 10.5 Å². The van der Waals surface area contributed by atoms with E-state index in [-0.39, 0.29) is 6.10 Å². The summed E-state index contributed by atoms with van der Waals surface area (Å²) in [5, 5.41) is 0. The molecule has 1 unspecified atom stereocenters. The highest BCUT2D eigenvalue weighted by molar-refractivity contribution is 5.06. The Balaban J connectivity index is 1.95. The Labute approximate surface area is 82.3 Å². The standard InChI is InChI=1S/C9H13N3O2/c10-3-7-4-11-9(12-5-7)14-8-1-2-13-6-8/h4-5,8H,1-3,6,10H2. The van der Waals surface area contributed by atoms with Gasteiger partial charge in [-0.05, 0) is 0 Å². The predicted octanol–water partition coefficient (Wildman–Crippen LogP) is 0.103. The van der Waals surface area contributed by atoms with Crippen LogP contribution in [0.5, 0.6) is 6.01 Å². The van der Waals surface area contributed by atoms with Crippen molar-refractivity contribution in [3.05, 3.63) is 18.0 Å². The van der Waals surface area contributed by atoms with Crippen LogP contribution in [0.4, 0.5) is 0 Å². The third-order valence-electron chi connectivity index (χ3n) is 2.08. The molecule has 1 aromatic heterocycles. The average Bonchev–Trinajstić information content (AvgIpc) is 2.72. The first-order valence-corrected chi connectivity index (χ1v) is 4.64. The second-order valence-electron chi connectivity index (χ2n) is 3.18. The molecule has 1 saturated heterocycles. The molecule has 0 bridgehead atoms. The van der Waals surface area contributed by atoms with Crippen LogP contribution in [0.2, 0.25) is 0 Å². The molecule has 1 fully saturated rings. The second-order valence-corrected chi connectivity index (χ2v) is 3.18. The number of nitrogens with two attached hydrogens (primary N) is 1. The predicted molar refractivity (Wildman–Crippen MR) is 49.8 cm³/mol. The quantitative estimate of drug-likeness (QED) is 0.740. The molecular formula is C9H13N3O2. The first kappa shape index (κ1) is 9.36. The summed E-state index contributed by atoms with van der Waals surface area (Å²) in [6, 6.07) is 0.401. The maximum absolute atomic E-state index is 5.49. The molecule has 0 radical (unpaired) electrons. The van der Waals surface area contributed by atoms with Crippen molar-refractivity contribution >= 4 is 0 Å². The molecule has 5 nitrogen and oxygen atoms in total. The van der Waals surface area contributed by atoms with Crippen LogP contribution in [0.25, 0.3) is 0 Å². The summed E-state index contributed by atoms with van der Waals surface area (Å²) in [6.07, 6.45) is 4.36. The zero-order chi connectivity index (χ0) is 9.80. The van der Waals surface area contributed by atoms with Gasteiger partial charge in [0.15, 0.2) is 0 Å². The van der Waals surface area contributed by atoms with Gasteiger partial charge in [0, 0.05) is 30.9 Å². The van der Waals surface area contributed by atoms with E-state index in [9.17, 15) is 0 Å². The fraction of sp³-hybridized carbons (Fsp3) is 0.556. The van der Waals surface area contributed by atoms with E-state index < -0.39 is 0 Å². The lowest BCUT2D eigenvalue weighted by Crippen LogP contribution is -2.17. The minimum Gasteiger partial charge on any atom is -0.458 e. The zero-order valence-corrected chi connectivity index (χ0v) is 7.85. The van der Waals surface area contributed by atoms with E-state index in [0.29, 0.717) is 19.2 Å². The third kappa shape index (κ3) is 2.18. The van der Waals surface area contributed by atoms with Gasteiger partial charge < -0.3 is 15.2 Å². The topological polar surface area (TPSA) is 70.3 Å². The van der Waals surface area contributed by atoms with Gasteiger partial charge in [0.2, 0.25) is 0 Å². The molecule has 1 aliphatic heterocycles. The van der Waals surface area contributed by atoms with E-state index in [2.05, 4.69) is 9.97 Å². The summed E-state index contributed by atoms with van der Waals surface area (Å²) in [6.45, 7) is 1.83. The van der Waals surface area contributed by atoms with Crippen molar-refractivity contribution in [2.75, 3.05) is 13.2 Å². The summed E-state index contributed by atoms with van der Waals surface area (Å²) in [7, 11) is 0. The molecule has 2 heterocycles. The van der Waals surface area contributed by atoms with Crippen molar-refractivity contribution in [3.63, 3.8) is 0 Å². The molecule has 2 rings (SSSR count). The number of hydrogen-bond acceptors (Lipinski definition) is 5. The monoisotopic (exact) mass is 195 g/mol. The number of nitrogens with zero attached hydrogens (tertiary/aromatic N) is 2. The highest BCUT2D eigenvalue weighted by Crippen LogP contribution is 2.11. The normalized spacial score (nSPS) is 21.1. The molecule has 0 spiro atoms. The molecule has 1 aromatic rings.